The first-order valence-corrected chi connectivity index (χ1v) is 2.68. The molecule has 0 unspecified atom stereocenters. The summed E-state index contributed by atoms with van der Waals surface area (Å²) in [5.74, 6) is 0. The van der Waals surface area contributed by atoms with Crippen LogP contribution in [0.3, 0.4) is 0 Å². The van der Waals surface area contributed by atoms with Crippen molar-refractivity contribution in [2.45, 2.75) is 6.42 Å². The number of rotatable bonds is 1. The zero-order valence-electron chi connectivity index (χ0n) is 4.77. The van der Waals surface area contributed by atoms with Gasteiger partial charge >= 0.3 is 0 Å². The quantitative estimate of drug-likeness (QED) is 0.509. The Labute approximate surface area is 52.2 Å². The molecule has 0 nitrogen and oxygen atoms in total. The maximum atomic E-state index is 11.5. The molecule has 0 atom stereocenters. The van der Waals surface area contributed by atoms with E-state index in [4.69, 9.17) is 0 Å². The van der Waals surface area contributed by atoms with Gasteiger partial charge in [0.05, 0.1) is 0 Å². The van der Waals surface area contributed by atoms with Crippen LogP contribution in [0, 0.1) is 0 Å². The molecule has 2 heteroatoms. The Kier molecular flexibility index (Phi) is 1.78. The first-order valence-electron chi connectivity index (χ1n) is 2.68. The molecule has 0 bridgehead atoms. The summed E-state index contributed by atoms with van der Waals surface area (Å²) in [6.07, 6.45) is 5.28. The van der Waals surface area contributed by atoms with Gasteiger partial charge in [-0.3, -0.25) is 0 Å². The van der Waals surface area contributed by atoms with E-state index >= 15 is 0 Å². The first kappa shape index (κ1) is 6.20. The van der Waals surface area contributed by atoms with Crippen LogP contribution in [-0.2, 0) is 0 Å². The molecule has 0 spiro atoms. The van der Waals surface area contributed by atoms with Gasteiger partial charge in [0.2, 0.25) is 0 Å². The minimum atomic E-state index is -1.63. The maximum absolute atomic E-state index is 11.5. The van der Waals surface area contributed by atoms with Gasteiger partial charge in [-0.25, -0.2) is 0 Å². The third-order valence-electron chi connectivity index (χ3n) is 1.08. The van der Waals surface area contributed by atoms with E-state index in [9.17, 15) is 8.78 Å². The van der Waals surface area contributed by atoms with Crippen LogP contribution in [0.15, 0.2) is 36.0 Å². The lowest BCUT2D eigenvalue weighted by Gasteiger charge is -1.82. The van der Waals surface area contributed by atoms with Gasteiger partial charge in [-0.05, 0) is 12.0 Å². The molecule has 1 aliphatic rings. The van der Waals surface area contributed by atoms with Crippen LogP contribution in [0.5, 0.6) is 0 Å². The molecule has 0 saturated heterocycles. The van der Waals surface area contributed by atoms with E-state index in [-0.39, 0.29) is 0 Å². The highest BCUT2D eigenvalue weighted by molar-refractivity contribution is 5.35. The van der Waals surface area contributed by atoms with Gasteiger partial charge in [-0.1, -0.05) is 18.2 Å². The lowest BCUT2D eigenvalue weighted by molar-refractivity contribution is 0.421. The lowest BCUT2D eigenvalue weighted by Crippen LogP contribution is -1.64. The fourth-order valence-electron chi connectivity index (χ4n) is 0.709. The van der Waals surface area contributed by atoms with Crippen molar-refractivity contribution in [2.75, 3.05) is 0 Å². The molecule has 0 aromatic carbocycles. The van der Waals surface area contributed by atoms with Crippen molar-refractivity contribution in [3.63, 3.8) is 0 Å². The van der Waals surface area contributed by atoms with Crippen LogP contribution in [0.25, 0.3) is 0 Å². The minimum absolute atomic E-state index is 0.606. The second kappa shape index (κ2) is 2.58. The third-order valence-corrected chi connectivity index (χ3v) is 1.08. The maximum Gasteiger partial charge on any atom is 0.270 e. The van der Waals surface area contributed by atoms with Crippen LogP contribution in [0.1, 0.15) is 6.42 Å². The summed E-state index contributed by atoms with van der Waals surface area (Å²) in [5, 5.41) is 0. The molecule has 0 aliphatic heterocycles. The Morgan fingerprint density at radius 2 is 2.33 bits per heavy atom. The highest BCUT2D eigenvalue weighted by Gasteiger charge is 1.95. The van der Waals surface area contributed by atoms with Crippen molar-refractivity contribution in [1.29, 1.82) is 0 Å². The molecule has 48 valence electrons. The van der Waals surface area contributed by atoms with E-state index < -0.39 is 6.08 Å². The summed E-state index contributed by atoms with van der Waals surface area (Å²) in [7, 11) is 0. The topological polar surface area (TPSA) is 0 Å². The second-order valence-corrected chi connectivity index (χ2v) is 1.78. The van der Waals surface area contributed by atoms with Gasteiger partial charge in [0, 0.05) is 6.08 Å². The van der Waals surface area contributed by atoms with Gasteiger partial charge < -0.3 is 0 Å². The minimum Gasteiger partial charge on any atom is -0.173 e. The fraction of sp³-hybridized carbons (Fsp3) is 0.143. The molecule has 0 heterocycles. The Morgan fingerprint density at radius 3 is 2.78 bits per heavy atom. The Balaban J connectivity index is 2.64. The van der Waals surface area contributed by atoms with Crippen molar-refractivity contribution in [1.82, 2.24) is 0 Å². The van der Waals surface area contributed by atoms with Gasteiger partial charge in [-0.15, -0.1) is 0 Å². The molecular weight excluding hydrogens is 122 g/mol. The zero-order valence-corrected chi connectivity index (χ0v) is 4.77. The first-order chi connectivity index (χ1) is 4.29. The number of halogens is 2. The fourth-order valence-corrected chi connectivity index (χ4v) is 0.709. The highest BCUT2D eigenvalue weighted by Crippen LogP contribution is 2.12. The van der Waals surface area contributed by atoms with E-state index in [1.54, 1.807) is 12.2 Å². The van der Waals surface area contributed by atoms with Crippen molar-refractivity contribution >= 4 is 0 Å². The van der Waals surface area contributed by atoms with Crippen molar-refractivity contribution in [3.8, 4) is 0 Å². The molecular formula is C7H6F2. The molecule has 0 N–H and O–H groups in total. The van der Waals surface area contributed by atoms with E-state index in [1.165, 1.54) is 0 Å². The van der Waals surface area contributed by atoms with Gasteiger partial charge in [-0.2, -0.15) is 8.78 Å². The monoisotopic (exact) mass is 128 g/mol. The molecule has 0 aromatic heterocycles. The second-order valence-electron chi connectivity index (χ2n) is 1.78. The van der Waals surface area contributed by atoms with Crippen LogP contribution in [-0.4, -0.2) is 0 Å². The smallest absolute Gasteiger partial charge is 0.173 e. The molecule has 0 fully saturated rings. The van der Waals surface area contributed by atoms with Crippen LogP contribution < -0.4 is 0 Å². The largest absolute Gasteiger partial charge is 0.270 e. The Bertz CT molecular complexity index is 183. The van der Waals surface area contributed by atoms with E-state index in [2.05, 4.69) is 0 Å². The summed E-state index contributed by atoms with van der Waals surface area (Å²) in [4.78, 5) is 0. The van der Waals surface area contributed by atoms with Gasteiger partial charge in [0.25, 0.3) is 6.08 Å². The molecule has 0 aromatic rings. The van der Waals surface area contributed by atoms with Crippen LogP contribution >= 0.6 is 0 Å². The Hall–Kier alpha value is -0.920. The molecule has 1 rings (SSSR count). The normalized spacial score (nSPS) is 15.6. The number of allylic oxidation sites excluding steroid dienone is 5. The lowest BCUT2D eigenvalue weighted by atomic mass is 10.3. The van der Waals surface area contributed by atoms with Gasteiger partial charge in [0.15, 0.2) is 0 Å². The summed E-state index contributed by atoms with van der Waals surface area (Å²) >= 11 is 0. The van der Waals surface area contributed by atoms with Crippen molar-refractivity contribution in [2.24, 2.45) is 0 Å². The van der Waals surface area contributed by atoms with Gasteiger partial charge in [0.1, 0.15) is 0 Å². The summed E-state index contributed by atoms with van der Waals surface area (Å²) in [6, 6.07) is 0. The summed E-state index contributed by atoms with van der Waals surface area (Å²) in [6.45, 7) is 0. The highest BCUT2D eigenvalue weighted by atomic mass is 19.3. The van der Waals surface area contributed by atoms with E-state index in [1.807, 2.05) is 6.08 Å². The predicted octanol–water partition coefficient (Wildman–Crippen LogP) is 2.65. The van der Waals surface area contributed by atoms with Crippen molar-refractivity contribution in [3.05, 3.63) is 36.0 Å². The molecule has 1 aliphatic carbocycles. The Morgan fingerprint density at radius 1 is 1.56 bits per heavy atom. The molecule has 0 radical (unpaired) electrons. The number of hydrogen-bond acceptors (Lipinski definition) is 0. The zero-order chi connectivity index (χ0) is 6.69. The SMILES string of the molecule is FC(F)=CC1=CCC=C1. The average molecular weight is 128 g/mol. The predicted molar refractivity (Wildman–Crippen MR) is 32.1 cm³/mol. The van der Waals surface area contributed by atoms with Crippen molar-refractivity contribution < 1.29 is 8.78 Å². The van der Waals surface area contributed by atoms with E-state index in [0.29, 0.717) is 5.57 Å². The number of hydrogen-bond donors (Lipinski definition) is 0. The summed E-state index contributed by atoms with van der Waals surface area (Å²) in [5.41, 5.74) is 0.606. The average Bonchev–Trinajstić information content (AvgIpc) is 2.15. The molecule has 0 saturated carbocycles. The third kappa shape index (κ3) is 1.80. The van der Waals surface area contributed by atoms with E-state index in [0.717, 1.165) is 12.5 Å². The van der Waals surface area contributed by atoms with Crippen LogP contribution in [0.4, 0.5) is 8.78 Å². The van der Waals surface area contributed by atoms with Crippen LogP contribution in [0.2, 0.25) is 0 Å². The standard InChI is InChI=1S/C7H6F2/c8-7(9)5-6-3-1-2-4-6/h1,3-5H,2H2. The molecule has 0 amide bonds. The summed E-state index contributed by atoms with van der Waals surface area (Å²) < 4.78 is 22.9. The molecule has 9 heavy (non-hydrogen) atoms.